The number of sulfonamides is 1. The van der Waals surface area contributed by atoms with Crippen LogP contribution in [0, 0.1) is 0 Å². The first-order valence-corrected chi connectivity index (χ1v) is 7.21. The molecule has 100 valence electrons. The topological polar surface area (TPSA) is 68.2 Å². The number of anilines is 1. The fourth-order valence-electron chi connectivity index (χ4n) is 1.54. The number of nitrogens with one attached hydrogen (secondary N) is 1. The zero-order chi connectivity index (χ0) is 14.0. The summed E-state index contributed by atoms with van der Waals surface area (Å²) in [5, 5.41) is 0.0998. The highest BCUT2D eigenvalue weighted by molar-refractivity contribution is 7.92. The number of nitrogens with zero attached hydrogens (tertiary/aromatic N) is 1. The second kappa shape index (κ2) is 5.07. The van der Waals surface area contributed by atoms with Crippen LogP contribution in [-0.4, -0.2) is 13.0 Å². The zero-order valence-corrected chi connectivity index (χ0v) is 11.6. The molecule has 0 aliphatic heterocycles. The van der Waals surface area contributed by atoms with E-state index in [0.29, 0.717) is 0 Å². The van der Waals surface area contributed by atoms with E-state index in [-0.39, 0.29) is 15.6 Å². The predicted molar refractivity (Wildman–Crippen MR) is 73.9 cm³/mol. The molecule has 2 rings (SSSR count). The van der Waals surface area contributed by atoms with Crippen LogP contribution in [0.1, 0.15) is 0 Å². The van der Waals surface area contributed by atoms with Crippen molar-refractivity contribution in [1.82, 2.24) is 4.57 Å². The minimum atomic E-state index is -3.88. The fourth-order valence-corrected chi connectivity index (χ4v) is 3.12. The normalized spacial score (nSPS) is 11.3. The van der Waals surface area contributed by atoms with Crippen molar-refractivity contribution < 1.29 is 8.42 Å². The molecule has 1 aromatic heterocycles. The predicted octanol–water partition coefficient (Wildman–Crippen LogP) is 1.84. The number of aromatic nitrogens is 1. The summed E-state index contributed by atoms with van der Waals surface area (Å²) in [4.78, 5) is 11.7. The summed E-state index contributed by atoms with van der Waals surface area (Å²) in [5.41, 5.74) is -0.456. The quantitative estimate of drug-likeness (QED) is 0.940. The van der Waals surface area contributed by atoms with Gasteiger partial charge in [0.15, 0.2) is 0 Å². The number of halogens is 1. The molecule has 1 N–H and O–H groups in total. The first kappa shape index (κ1) is 13.6. The smallest absolute Gasteiger partial charge is 0.274 e. The number of pyridine rings is 1. The van der Waals surface area contributed by atoms with E-state index in [1.165, 1.54) is 36.0 Å². The van der Waals surface area contributed by atoms with Gasteiger partial charge in [0.25, 0.3) is 15.6 Å². The van der Waals surface area contributed by atoms with Crippen molar-refractivity contribution >= 4 is 27.3 Å². The lowest BCUT2D eigenvalue weighted by molar-refractivity contribution is 0.601. The summed E-state index contributed by atoms with van der Waals surface area (Å²) < 4.78 is 27.8. The SMILES string of the molecule is Cn1cccc(NS(=O)(=O)c2ccccc2Cl)c1=O. The minimum absolute atomic E-state index is 0.0232. The molecule has 0 aliphatic carbocycles. The third-order valence-corrected chi connectivity index (χ3v) is 4.36. The minimum Gasteiger partial charge on any atom is -0.317 e. The van der Waals surface area contributed by atoms with E-state index < -0.39 is 15.6 Å². The number of hydrogen-bond acceptors (Lipinski definition) is 3. The lowest BCUT2D eigenvalue weighted by Crippen LogP contribution is -2.23. The van der Waals surface area contributed by atoms with E-state index in [1.54, 1.807) is 18.2 Å². The Hall–Kier alpha value is -1.79. The van der Waals surface area contributed by atoms with Crippen LogP contribution in [0.15, 0.2) is 52.3 Å². The zero-order valence-electron chi connectivity index (χ0n) is 10.00. The third-order valence-electron chi connectivity index (χ3n) is 2.49. The van der Waals surface area contributed by atoms with Gasteiger partial charge in [0.2, 0.25) is 0 Å². The van der Waals surface area contributed by atoms with Crippen LogP contribution < -0.4 is 10.3 Å². The molecule has 1 aromatic carbocycles. The van der Waals surface area contributed by atoms with Crippen LogP contribution in [-0.2, 0) is 17.1 Å². The summed E-state index contributed by atoms with van der Waals surface area (Å²) in [6.07, 6.45) is 1.54. The van der Waals surface area contributed by atoms with Gasteiger partial charge in [0, 0.05) is 13.2 Å². The van der Waals surface area contributed by atoms with Gasteiger partial charge in [-0.25, -0.2) is 8.42 Å². The lowest BCUT2D eigenvalue weighted by atomic mass is 10.4. The first-order valence-electron chi connectivity index (χ1n) is 5.35. The largest absolute Gasteiger partial charge is 0.317 e. The van der Waals surface area contributed by atoms with Crippen LogP contribution in [0.2, 0.25) is 5.02 Å². The molecule has 0 saturated carbocycles. The molecule has 0 radical (unpaired) electrons. The highest BCUT2D eigenvalue weighted by Crippen LogP contribution is 2.22. The van der Waals surface area contributed by atoms with Gasteiger partial charge in [-0.15, -0.1) is 0 Å². The Balaban J connectivity index is 2.46. The van der Waals surface area contributed by atoms with Gasteiger partial charge in [-0.1, -0.05) is 23.7 Å². The second-order valence-corrected chi connectivity index (χ2v) is 5.93. The van der Waals surface area contributed by atoms with E-state index in [4.69, 9.17) is 11.6 Å². The molecular weight excluding hydrogens is 288 g/mol. The molecule has 0 aliphatic rings. The van der Waals surface area contributed by atoms with Gasteiger partial charge in [-0.05, 0) is 24.3 Å². The number of aryl methyl sites for hydroxylation is 1. The molecule has 0 spiro atoms. The van der Waals surface area contributed by atoms with Crippen molar-refractivity contribution in [1.29, 1.82) is 0 Å². The maximum Gasteiger partial charge on any atom is 0.274 e. The van der Waals surface area contributed by atoms with E-state index in [2.05, 4.69) is 4.72 Å². The van der Waals surface area contributed by atoms with E-state index >= 15 is 0 Å². The molecule has 2 aromatic rings. The maximum atomic E-state index is 12.1. The van der Waals surface area contributed by atoms with Crippen LogP contribution in [0.25, 0.3) is 0 Å². The molecule has 0 bridgehead atoms. The molecule has 1 heterocycles. The second-order valence-electron chi connectivity index (χ2n) is 3.87. The highest BCUT2D eigenvalue weighted by Gasteiger charge is 2.18. The summed E-state index contributed by atoms with van der Waals surface area (Å²) in [6, 6.07) is 9.01. The van der Waals surface area contributed by atoms with Gasteiger partial charge < -0.3 is 4.57 Å². The Morgan fingerprint density at radius 2 is 1.84 bits per heavy atom. The highest BCUT2D eigenvalue weighted by atomic mass is 35.5. The maximum absolute atomic E-state index is 12.1. The van der Waals surface area contributed by atoms with Crippen molar-refractivity contribution in [3.8, 4) is 0 Å². The van der Waals surface area contributed by atoms with E-state index in [0.717, 1.165) is 0 Å². The van der Waals surface area contributed by atoms with Gasteiger partial charge >= 0.3 is 0 Å². The van der Waals surface area contributed by atoms with Crippen molar-refractivity contribution in [3.63, 3.8) is 0 Å². The van der Waals surface area contributed by atoms with Gasteiger partial charge in [0.1, 0.15) is 10.6 Å². The van der Waals surface area contributed by atoms with Crippen LogP contribution >= 0.6 is 11.6 Å². The Labute approximate surface area is 115 Å². The molecule has 5 nitrogen and oxygen atoms in total. The third kappa shape index (κ3) is 2.80. The molecule has 0 saturated heterocycles. The van der Waals surface area contributed by atoms with Crippen molar-refractivity contribution in [2.75, 3.05) is 4.72 Å². The van der Waals surface area contributed by atoms with Crippen molar-refractivity contribution in [3.05, 3.63) is 58.0 Å². The van der Waals surface area contributed by atoms with Crippen LogP contribution in [0.5, 0.6) is 0 Å². The molecule has 0 fully saturated rings. The Morgan fingerprint density at radius 3 is 2.53 bits per heavy atom. The number of benzene rings is 1. The van der Waals surface area contributed by atoms with E-state index in [9.17, 15) is 13.2 Å². The van der Waals surface area contributed by atoms with Gasteiger partial charge in [0.05, 0.1) is 5.02 Å². The number of rotatable bonds is 3. The van der Waals surface area contributed by atoms with Crippen LogP contribution in [0.3, 0.4) is 0 Å². The lowest BCUT2D eigenvalue weighted by Gasteiger charge is -2.09. The molecule has 0 atom stereocenters. The molecular formula is C12H11ClN2O3S. The van der Waals surface area contributed by atoms with Gasteiger partial charge in [-0.2, -0.15) is 0 Å². The Morgan fingerprint density at radius 1 is 1.16 bits per heavy atom. The molecule has 0 amide bonds. The molecule has 0 unspecified atom stereocenters. The monoisotopic (exact) mass is 298 g/mol. The summed E-state index contributed by atoms with van der Waals surface area (Å²) in [6.45, 7) is 0. The molecule has 7 heteroatoms. The van der Waals surface area contributed by atoms with Crippen molar-refractivity contribution in [2.24, 2.45) is 7.05 Å². The molecule has 19 heavy (non-hydrogen) atoms. The Kier molecular flexibility index (Phi) is 3.64. The average molecular weight is 299 g/mol. The summed E-state index contributed by atoms with van der Waals surface area (Å²) in [7, 11) is -2.34. The summed E-state index contributed by atoms with van der Waals surface area (Å²) >= 11 is 5.84. The Bertz CT molecular complexity index is 769. The first-order chi connectivity index (χ1) is 8.92. The van der Waals surface area contributed by atoms with Crippen molar-refractivity contribution in [2.45, 2.75) is 4.90 Å². The standard InChI is InChI=1S/C12H11ClN2O3S/c1-15-8-4-6-10(12(15)16)14-19(17,18)11-7-3-2-5-9(11)13/h2-8,14H,1H3. The van der Waals surface area contributed by atoms with E-state index in [1.807, 2.05) is 0 Å². The van der Waals surface area contributed by atoms with Crippen LogP contribution in [0.4, 0.5) is 5.69 Å². The van der Waals surface area contributed by atoms with Gasteiger partial charge in [-0.3, -0.25) is 9.52 Å². The number of hydrogen-bond donors (Lipinski definition) is 1. The summed E-state index contributed by atoms with van der Waals surface area (Å²) in [5.74, 6) is 0. The average Bonchev–Trinajstić information content (AvgIpc) is 2.35. The fraction of sp³-hybridized carbons (Fsp3) is 0.0833.